The monoisotopic (exact) mass is 332 g/mol. The maximum atomic E-state index is 12.2. The van der Waals surface area contributed by atoms with E-state index in [1.165, 1.54) is 0 Å². The van der Waals surface area contributed by atoms with Gasteiger partial charge in [0.15, 0.2) is 0 Å². The Bertz CT molecular complexity index is 580. The van der Waals surface area contributed by atoms with Crippen LogP contribution in [-0.2, 0) is 9.53 Å². The number of hydrogen-bond donors (Lipinski definition) is 4. The summed E-state index contributed by atoms with van der Waals surface area (Å²) in [5, 5.41) is 8.45. The molecule has 7 heteroatoms. The fourth-order valence-electron chi connectivity index (χ4n) is 2.73. The summed E-state index contributed by atoms with van der Waals surface area (Å²) < 4.78 is 5.29. The summed E-state index contributed by atoms with van der Waals surface area (Å²) in [6, 6.07) is 6.59. The number of ether oxygens (including phenoxy) is 1. The molecule has 1 aliphatic heterocycles. The molecule has 0 spiro atoms. The summed E-state index contributed by atoms with van der Waals surface area (Å²) in [6.07, 6.45) is 3.72. The second-order valence-corrected chi connectivity index (χ2v) is 6.41. The normalized spacial score (nSPS) is 19.4. The van der Waals surface area contributed by atoms with E-state index in [1.54, 1.807) is 24.3 Å². The van der Waals surface area contributed by atoms with Crippen molar-refractivity contribution >= 4 is 23.3 Å². The fraction of sp³-hybridized carbons (Fsp3) is 0.529. The zero-order valence-electron chi connectivity index (χ0n) is 13.6. The van der Waals surface area contributed by atoms with Crippen molar-refractivity contribution in [1.29, 1.82) is 0 Å². The van der Waals surface area contributed by atoms with Crippen molar-refractivity contribution in [2.24, 2.45) is 11.7 Å². The van der Waals surface area contributed by atoms with Gasteiger partial charge in [0.25, 0.3) is 0 Å². The number of amides is 3. The van der Waals surface area contributed by atoms with Gasteiger partial charge in [0, 0.05) is 30.6 Å². The average Bonchev–Trinajstić information content (AvgIpc) is 3.40. The van der Waals surface area contributed by atoms with Gasteiger partial charge in [-0.3, -0.25) is 4.79 Å². The predicted octanol–water partition coefficient (Wildman–Crippen LogP) is 1.66. The van der Waals surface area contributed by atoms with Gasteiger partial charge >= 0.3 is 6.03 Å². The van der Waals surface area contributed by atoms with Gasteiger partial charge in [-0.2, -0.15) is 0 Å². The molecule has 0 radical (unpaired) electrons. The van der Waals surface area contributed by atoms with Gasteiger partial charge in [0.1, 0.15) is 0 Å². The number of urea groups is 1. The van der Waals surface area contributed by atoms with Crippen LogP contribution in [0.1, 0.15) is 25.7 Å². The van der Waals surface area contributed by atoms with Gasteiger partial charge in [-0.15, -0.1) is 0 Å². The molecule has 7 nitrogen and oxygen atoms in total. The van der Waals surface area contributed by atoms with Crippen LogP contribution in [0.15, 0.2) is 24.3 Å². The third kappa shape index (κ3) is 4.69. The Morgan fingerprint density at radius 2 is 1.58 bits per heavy atom. The van der Waals surface area contributed by atoms with E-state index in [0.29, 0.717) is 30.6 Å². The van der Waals surface area contributed by atoms with Gasteiger partial charge in [-0.1, -0.05) is 0 Å². The van der Waals surface area contributed by atoms with E-state index in [0.717, 1.165) is 25.7 Å². The minimum atomic E-state index is -0.531. The summed E-state index contributed by atoms with van der Waals surface area (Å²) >= 11 is 0. The number of nitrogens with one attached hydrogen (secondary N) is 3. The van der Waals surface area contributed by atoms with Crippen LogP contribution in [0.2, 0.25) is 0 Å². The Labute approximate surface area is 141 Å². The lowest BCUT2D eigenvalue weighted by atomic mass is 9.92. The smallest absolute Gasteiger partial charge is 0.319 e. The highest BCUT2D eigenvalue weighted by molar-refractivity contribution is 5.95. The van der Waals surface area contributed by atoms with Crippen molar-refractivity contribution in [3.05, 3.63) is 24.3 Å². The highest BCUT2D eigenvalue weighted by atomic mass is 16.5. The molecule has 1 aromatic rings. The number of benzene rings is 1. The van der Waals surface area contributed by atoms with E-state index in [1.807, 2.05) is 0 Å². The molecule has 5 N–H and O–H groups in total. The lowest BCUT2D eigenvalue weighted by molar-refractivity contribution is -0.119. The molecule has 2 fully saturated rings. The van der Waals surface area contributed by atoms with Crippen LogP contribution in [-0.4, -0.2) is 37.2 Å². The van der Waals surface area contributed by atoms with Gasteiger partial charge in [0.2, 0.25) is 5.91 Å². The fourth-order valence-corrected chi connectivity index (χ4v) is 2.73. The largest absolute Gasteiger partial charge is 0.381 e. The zero-order chi connectivity index (χ0) is 16.9. The summed E-state index contributed by atoms with van der Waals surface area (Å²) in [6.45, 7) is 1.32. The molecule has 3 rings (SSSR count). The van der Waals surface area contributed by atoms with Crippen molar-refractivity contribution in [1.82, 2.24) is 5.32 Å². The van der Waals surface area contributed by atoms with Gasteiger partial charge in [0.05, 0.1) is 6.04 Å². The first-order valence-electron chi connectivity index (χ1n) is 8.43. The molecule has 130 valence electrons. The second-order valence-electron chi connectivity index (χ2n) is 6.41. The maximum Gasteiger partial charge on any atom is 0.319 e. The van der Waals surface area contributed by atoms with Gasteiger partial charge in [-0.25, -0.2) is 4.79 Å². The standard InChI is InChI=1S/C17H24N4O3/c18-15(11-7-9-24-10-8-11)16(22)19-12-1-3-13(4-2-12)20-17(23)21-14-5-6-14/h1-4,11,14-15H,5-10,18H2,(H,19,22)(H2,20,21,23). The molecule has 3 amide bonds. The summed E-state index contributed by atoms with van der Waals surface area (Å²) in [5.41, 5.74) is 7.40. The molecule has 24 heavy (non-hydrogen) atoms. The van der Waals surface area contributed by atoms with Gasteiger partial charge < -0.3 is 26.4 Å². The summed E-state index contributed by atoms with van der Waals surface area (Å²) in [4.78, 5) is 23.9. The van der Waals surface area contributed by atoms with E-state index in [-0.39, 0.29) is 17.9 Å². The van der Waals surface area contributed by atoms with Crippen molar-refractivity contribution in [2.75, 3.05) is 23.8 Å². The first kappa shape index (κ1) is 16.7. The molecule has 1 heterocycles. The second kappa shape index (κ2) is 7.63. The molecule has 1 atom stereocenters. The molecular weight excluding hydrogens is 308 g/mol. The van der Waals surface area contributed by atoms with E-state index in [4.69, 9.17) is 10.5 Å². The van der Waals surface area contributed by atoms with E-state index in [9.17, 15) is 9.59 Å². The van der Waals surface area contributed by atoms with Crippen molar-refractivity contribution < 1.29 is 14.3 Å². The van der Waals surface area contributed by atoms with Crippen LogP contribution >= 0.6 is 0 Å². The summed E-state index contributed by atoms with van der Waals surface area (Å²) in [7, 11) is 0. The third-order valence-electron chi connectivity index (χ3n) is 4.40. The maximum absolute atomic E-state index is 12.2. The lowest BCUT2D eigenvalue weighted by Crippen LogP contribution is -2.44. The van der Waals surface area contributed by atoms with Crippen LogP contribution in [0.3, 0.4) is 0 Å². The van der Waals surface area contributed by atoms with Crippen molar-refractivity contribution in [2.45, 2.75) is 37.8 Å². The number of anilines is 2. The number of carbonyl (C=O) groups excluding carboxylic acids is 2. The quantitative estimate of drug-likeness (QED) is 0.658. The Balaban J connectivity index is 1.49. The average molecular weight is 332 g/mol. The van der Waals surface area contributed by atoms with Crippen LogP contribution in [0.4, 0.5) is 16.2 Å². The molecule has 1 saturated heterocycles. The minimum absolute atomic E-state index is 0.158. The Morgan fingerprint density at radius 3 is 2.17 bits per heavy atom. The Kier molecular flexibility index (Phi) is 5.32. The number of rotatable bonds is 5. The van der Waals surface area contributed by atoms with Crippen molar-refractivity contribution in [3.8, 4) is 0 Å². The van der Waals surface area contributed by atoms with Crippen LogP contribution in [0.25, 0.3) is 0 Å². The molecule has 1 aliphatic carbocycles. The Morgan fingerprint density at radius 1 is 1.00 bits per heavy atom. The van der Waals surface area contributed by atoms with Crippen LogP contribution in [0.5, 0.6) is 0 Å². The lowest BCUT2D eigenvalue weighted by Gasteiger charge is -2.26. The molecule has 1 aromatic carbocycles. The Hall–Kier alpha value is -2.12. The molecule has 1 unspecified atom stereocenters. The zero-order valence-corrected chi connectivity index (χ0v) is 13.6. The number of carbonyl (C=O) groups is 2. The molecule has 0 aromatic heterocycles. The van der Waals surface area contributed by atoms with Crippen LogP contribution < -0.4 is 21.7 Å². The third-order valence-corrected chi connectivity index (χ3v) is 4.40. The minimum Gasteiger partial charge on any atom is -0.381 e. The van der Waals surface area contributed by atoms with E-state index in [2.05, 4.69) is 16.0 Å². The molecule has 1 saturated carbocycles. The highest BCUT2D eigenvalue weighted by Gasteiger charge is 2.26. The number of nitrogens with two attached hydrogens (primary N) is 1. The van der Waals surface area contributed by atoms with E-state index >= 15 is 0 Å². The SMILES string of the molecule is NC(C(=O)Nc1ccc(NC(=O)NC2CC2)cc1)C1CCOCC1. The topological polar surface area (TPSA) is 105 Å². The summed E-state index contributed by atoms with van der Waals surface area (Å²) in [5.74, 6) is -0.0279. The van der Waals surface area contributed by atoms with Crippen LogP contribution in [0, 0.1) is 5.92 Å². The first-order valence-corrected chi connectivity index (χ1v) is 8.43. The molecule has 0 bridgehead atoms. The first-order chi connectivity index (χ1) is 11.6. The van der Waals surface area contributed by atoms with Crippen molar-refractivity contribution in [3.63, 3.8) is 0 Å². The highest BCUT2D eigenvalue weighted by Crippen LogP contribution is 2.20. The van der Waals surface area contributed by atoms with Gasteiger partial charge in [-0.05, 0) is 55.9 Å². The van der Waals surface area contributed by atoms with E-state index < -0.39 is 6.04 Å². The number of hydrogen-bond acceptors (Lipinski definition) is 4. The molecular formula is C17H24N4O3. The predicted molar refractivity (Wildman–Crippen MR) is 91.8 cm³/mol. The molecule has 2 aliphatic rings.